The van der Waals surface area contributed by atoms with Gasteiger partial charge in [-0.05, 0) is 56.3 Å². The standard InChI is InChI=1S/C26H33N7O/c1-26(17-27,21-5-6-21)15-24(34)33-8-7-18-3-4-19(13-20(18)16-33)22-14-23(30-25(28)29-22)32-11-9-31(2)10-12-32/h3-4,13-14,21H,5-12,15-16H2,1-2H3,(H2,28,29,30). The number of likely N-dealkylation sites (N-methyl/N-ethyl adjacent to an activating group) is 1. The van der Waals surface area contributed by atoms with Gasteiger partial charge < -0.3 is 20.4 Å². The molecule has 5 rings (SSSR count). The van der Waals surface area contributed by atoms with Crippen molar-refractivity contribution in [3.05, 3.63) is 35.4 Å². The number of piperazine rings is 1. The second-order valence-corrected chi connectivity index (χ2v) is 10.3. The van der Waals surface area contributed by atoms with Crippen molar-refractivity contribution in [3.63, 3.8) is 0 Å². The molecule has 0 radical (unpaired) electrons. The summed E-state index contributed by atoms with van der Waals surface area (Å²) in [4.78, 5) is 28.6. The van der Waals surface area contributed by atoms with Crippen molar-refractivity contribution < 1.29 is 4.79 Å². The Morgan fingerprint density at radius 3 is 2.62 bits per heavy atom. The van der Waals surface area contributed by atoms with Gasteiger partial charge in [-0.3, -0.25) is 4.79 Å². The van der Waals surface area contributed by atoms with Gasteiger partial charge in [-0.1, -0.05) is 12.1 Å². The lowest BCUT2D eigenvalue weighted by molar-refractivity contribution is -0.134. The number of nitrogens with two attached hydrogens (primary N) is 1. The highest BCUT2D eigenvalue weighted by molar-refractivity contribution is 5.78. The maximum Gasteiger partial charge on any atom is 0.224 e. The van der Waals surface area contributed by atoms with Crippen LogP contribution in [0.3, 0.4) is 0 Å². The zero-order valence-corrected chi connectivity index (χ0v) is 20.1. The Morgan fingerprint density at radius 1 is 1.15 bits per heavy atom. The first kappa shape index (κ1) is 22.6. The van der Waals surface area contributed by atoms with Crippen molar-refractivity contribution in [2.45, 2.75) is 39.2 Å². The minimum Gasteiger partial charge on any atom is -0.368 e. The normalized spacial score (nSPS) is 20.4. The molecule has 178 valence electrons. The second kappa shape index (κ2) is 8.88. The van der Waals surface area contributed by atoms with Crippen molar-refractivity contribution in [1.29, 1.82) is 5.26 Å². The number of fused-ring (bicyclic) bond motifs is 1. The summed E-state index contributed by atoms with van der Waals surface area (Å²) in [6.45, 7) is 7.02. The van der Waals surface area contributed by atoms with Crippen molar-refractivity contribution in [1.82, 2.24) is 19.8 Å². The van der Waals surface area contributed by atoms with Crippen molar-refractivity contribution in [2.24, 2.45) is 11.3 Å². The van der Waals surface area contributed by atoms with Crippen LogP contribution >= 0.6 is 0 Å². The molecule has 2 aromatic rings. The topological polar surface area (TPSA) is 102 Å². The molecule has 1 saturated heterocycles. The lowest BCUT2D eigenvalue weighted by Crippen LogP contribution is -2.44. The van der Waals surface area contributed by atoms with Crippen LogP contribution in [0, 0.1) is 22.7 Å². The van der Waals surface area contributed by atoms with E-state index in [0.29, 0.717) is 25.4 Å². The first-order valence-electron chi connectivity index (χ1n) is 12.2. The molecular formula is C26H33N7O. The minimum absolute atomic E-state index is 0.0793. The number of hydrogen-bond acceptors (Lipinski definition) is 7. The largest absolute Gasteiger partial charge is 0.368 e. The molecule has 2 aliphatic heterocycles. The molecule has 1 saturated carbocycles. The average molecular weight is 460 g/mol. The first-order chi connectivity index (χ1) is 16.3. The summed E-state index contributed by atoms with van der Waals surface area (Å²) in [5, 5.41) is 9.67. The number of benzene rings is 1. The maximum absolute atomic E-state index is 13.1. The Balaban J connectivity index is 1.35. The van der Waals surface area contributed by atoms with Crippen LogP contribution in [0.25, 0.3) is 11.3 Å². The first-order valence-corrected chi connectivity index (χ1v) is 12.2. The summed E-state index contributed by atoms with van der Waals surface area (Å²) >= 11 is 0. The zero-order valence-electron chi connectivity index (χ0n) is 20.1. The van der Waals surface area contributed by atoms with Crippen LogP contribution in [0.1, 0.15) is 37.3 Å². The SMILES string of the molecule is CN1CCN(c2cc(-c3ccc4c(c3)CN(C(=O)CC(C)(C#N)C3CC3)CC4)nc(N)n2)CC1. The minimum atomic E-state index is -0.544. The number of rotatable bonds is 5. The van der Waals surface area contributed by atoms with E-state index in [0.717, 1.165) is 68.1 Å². The maximum atomic E-state index is 13.1. The zero-order chi connectivity index (χ0) is 23.9. The van der Waals surface area contributed by atoms with Crippen LogP contribution in [-0.4, -0.2) is 65.4 Å². The lowest BCUT2D eigenvalue weighted by atomic mass is 9.82. The summed E-state index contributed by atoms with van der Waals surface area (Å²) in [6, 6.07) is 10.8. The monoisotopic (exact) mass is 459 g/mol. The number of amides is 1. The highest BCUT2D eigenvalue weighted by atomic mass is 16.2. The van der Waals surface area contributed by atoms with E-state index >= 15 is 0 Å². The molecule has 1 aromatic heterocycles. The molecule has 34 heavy (non-hydrogen) atoms. The van der Waals surface area contributed by atoms with Crippen LogP contribution in [0.4, 0.5) is 11.8 Å². The molecule has 3 aliphatic rings. The summed E-state index contributed by atoms with van der Waals surface area (Å²) in [6.07, 6.45) is 3.25. The van der Waals surface area contributed by atoms with E-state index in [2.05, 4.69) is 51.1 Å². The molecule has 0 bridgehead atoms. The number of carbonyl (C=O) groups excluding carboxylic acids is 1. The van der Waals surface area contributed by atoms with Crippen molar-refractivity contribution >= 4 is 17.7 Å². The highest BCUT2D eigenvalue weighted by Crippen LogP contribution is 2.47. The van der Waals surface area contributed by atoms with Crippen LogP contribution < -0.4 is 10.6 Å². The predicted molar refractivity (Wildman–Crippen MR) is 132 cm³/mol. The number of hydrogen-bond donors (Lipinski definition) is 1. The summed E-state index contributed by atoms with van der Waals surface area (Å²) in [5.41, 5.74) is 9.74. The molecule has 1 amide bonds. The number of anilines is 2. The Bertz CT molecular complexity index is 1130. The van der Waals surface area contributed by atoms with Gasteiger partial charge in [-0.2, -0.15) is 10.2 Å². The molecule has 1 aromatic carbocycles. The van der Waals surface area contributed by atoms with Crippen LogP contribution in [0.5, 0.6) is 0 Å². The van der Waals surface area contributed by atoms with Gasteiger partial charge in [0, 0.05) is 57.3 Å². The Labute approximate surface area is 201 Å². The fourth-order valence-corrected chi connectivity index (χ4v) is 5.15. The van der Waals surface area contributed by atoms with Gasteiger partial charge in [-0.25, -0.2) is 4.98 Å². The third kappa shape index (κ3) is 4.58. The molecule has 1 aliphatic carbocycles. The van der Waals surface area contributed by atoms with Gasteiger partial charge in [0.1, 0.15) is 5.82 Å². The fourth-order valence-electron chi connectivity index (χ4n) is 5.15. The molecule has 1 atom stereocenters. The number of nitriles is 1. The molecular weight excluding hydrogens is 426 g/mol. The van der Waals surface area contributed by atoms with Gasteiger partial charge in [-0.15, -0.1) is 0 Å². The third-order valence-corrected chi connectivity index (χ3v) is 7.68. The molecule has 0 spiro atoms. The van der Waals surface area contributed by atoms with E-state index in [1.807, 2.05) is 17.9 Å². The van der Waals surface area contributed by atoms with Gasteiger partial charge in [0.05, 0.1) is 17.2 Å². The summed E-state index contributed by atoms with van der Waals surface area (Å²) in [5.74, 6) is 1.58. The molecule has 1 unspecified atom stereocenters. The van der Waals surface area contributed by atoms with E-state index < -0.39 is 5.41 Å². The summed E-state index contributed by atoms with van der Waals surface area (Å²) in [7, 11) is 2.13. The average Bonchev–Trinajstić information content (AvgIpc) is 3.69. The van der Waals surface area contributed by atoms with Crippen LogP contribution in [0.15, 0.2) is 24.3 Å². The van der Waals surface area contributed by atoms with Crippen molar-refractivity contribution in [2.75, 3.05) is 50.4 Å². The van der Waals surface area contributed by atoms with Crippen LogP contribution in [0.2, 0.25) is 0 Å². The lowest BCUT2D eigenvalue weighted by Gasteiger charge is -2.33. The Morgan fingerprint density at radius 2 is 1.91 bits per heavy atom. The van der Waals surface area contributed by atoms with E-state index in [1.54, 1.807) is 0 Å². The Kier molecular flexibility index (Phi) is 5.90. The van der Waals surface area contributed by atoms with E-state index in [9.17, 15) is 10.1 Å². The van der Waals surface area contributed by atoms with Crippen molar-refractivity contribution in [3.8, 4) is 17.3 Å². The Hall–Kier alpha value is -3.18. The molecule has 2 fully saturated rings. The number of aromatic nitrogens is 2. The van der Waals surface area contributed by atoms with Gasteiger partial charge in [0.2, 0.25) is 11.9 Å². The quantitative estimate of drug-likeness (QED) is 0.733. The van der Waals surface area contributed by atoms with E-state index in [4.69, 9.17) is 5.73 Å². The van der Waals surface area contributed by atoms with Gasteiger partial charge in [0.15, 0.2) is 0 Å². The molecule has 2 N–H and O–H groups in total. The van der Waals surface area contributed by atoms with Gasteiger partial charge >= 0.3 is 0 Å². The second-order valence-electron chi connectivity index (χ2n) is 10.3. The number of nitrogens with zero attached hydrogens (tertiary/aromatic N) is 6. The third-order valence-electron chi connectivity index (χ3n) is 7.68. The predicted octanol–water partition coefficient (Wildman–Crippen LogP) is 2.69. The highest BCUT2D eigenvalue weighted by Gasteiger charge is 2.44. The van der Waals surface area contributed by atoms with E-state index in [-0.39, 0.29) is 11.9 Å². The number of carbonyl (C=O) groups is 1. The molecule has 8 nitrogen and oxygen atoms in total. The fraction of sp³-hybridized carbons (Fsp3) is 0.538. The molecule has 3 heterocycles. The van der Waals surface area contributed by atoms with Crippen LogP contribution in [-0.2, 0) is 17.8 Å². The van der Waals surface area contributed by atoms with Gasteiger partial charge in [0.25, 0.3) is 0 Å². The molecule has 8 heteroatoms. The van der Waals surface area contributed by atoms with E-state index in [1.165, 1.54) is 5.56 Å². The smallest absolute Gasteiger partial charge is 0.224 e. The summed E-state index contributed by atoms with van der Waals surface area (Å²) < 4.78 is 0. The number of nitrogen functional groups attached to an aromatic ring is 1.